The van der Waals surface area contributed by atoms with Gasteiger partial charge in [0.1, 0.15) is 5.75 Å². The molecule has 0 bridgehead atoms. The normalized spacial score (nSPS) is 11.8. The molecular formula is C32H58O3S. The Morgan fingerprint density at radius 1 is 0.556 bits per heavy atom. The maximum absolute atomic E-state index is 11.9. The molecule has 0 unspecified atom stereocenters. The second-order valence-electron chi connectivity index (χ2n) is 11.1. The van der Waals surface area contributed by atoms with Crippen molar-refractivity contribution in [3.05, 3.63) is 23.3 Å². The van der Waals surface area contributed by atoms with E-state index < -0.39 is 9.84 Å². The van der Waals surface area contributed by atoms with E-state index in [0.29, 0.717) is 11.5 Å². The molecule has 0 aliphatic rings. The van der Waals surface area contributed by atoms with Crippen LogP contribution < -0.4 is 4.74 Å². The maximum atomic E-state index is 11.9. The molecule has 0 aromatic heterocycles. The molecule has 0 N–H and O–H groups in total. The molecule has 36 heavy (non-hydrogen) atoms. The van der Waals surface area contributed by atoms with Gasteiger partial charge in [-0.25, -0.2) is 8.42 Å². The molecule has 0 fully saturated rings. The van der Waals surface area contributed by atoms with Crippen molar-refractivity contribution in [2.24, 2.45) is 0 Å². The van der Waals surface area contributed by atoms with Gasteiger partial charge in [-0.15, -0.1) is 0 Å². The lowest BCUT2D eigenvalue weighted by molar-refractivity contribution is 0.303. The van der Waals surface area contributed by atoms with Gasteiger partial charge < -0.3 is 4.74 Å². The summed E-state index contributed by atoms with van der Waals surface area (Å²) in [6.45, 7) is 6.68. The van der Waals surface area contributed by atoms with Gasteiger partial charge in [-0.2, -0.15) is 0 Å². The Kier molecular flexibility index (Phi) is 19.2. The van der Waals surface area contributed by atoms with Crippen LogP contribution in [0.5, 0.6) is 5.75 Å². The van der Waals surface area contributed by atoms with Gasteiger partial charge >= 0.3 is 0 Å². The Morgan fingerprint density at radius 2 is 0.861 bits per heavy atom. The van der Waals surface area contributed by atoms with Crippen LogP contribution in [0.3, 0.4) is 0 Å². The fraction of sp³-hybridized carbons (Fsp3) is 0.812. The highest BCUT2D eigenvalue weighted by molar-refractivity contribution is 7.90. The molecule has 0 aliphatic heterocycles. The first-order chi connectivity index (χ1) is 17.4. The summed E-state index contributed by atoms with van der Waals surface area (Å²) in [6.07, 6.45) is 30.5. The fourth-order valence-electron chi connectivity index (χ4n) is 5.30. The quantitative estimate of drug-likeness (QED) is 0.127. The topological polar surface area (TPSA) is 43.4 Å². The summed E-state index contributed by atoms with van der Waals surface area (Å²) >= 11 is 0. The Balaban J connectivity index is 1.85. The highest BCUT2D eigenvalue weighted by Crippen LogP contribution is 2.26. The van der Waals surface area contributed by atoms with Crippen molar-refractivity contribution in [3.8, 4) is 5.75 Å². The summed E-state index contributed by atoms with van der Waals surface area (Å²) in [5.74, 6) is 0.783. The van der Waals surface area contributed by atoms with Crippen LogP contribution in [0.15, 0.2) is 17.0 Å². The average Bonchev–Trinajstić information content (AvgIpc) is 2.81. The number of aryl methyl sites for hydroxylation is 2. The number of sulfone groups is 1. The highest BCUT2D eigenvalue weighted by Gasteiger charge is 2.15. The van der Waals surface area contributed by atoms with Gasteiger partial charge in [0.25, 0.3) is 0 Å². The van der Waals surface area contributed by atoms with Gasteiger partial charge in [0.15, 0.2) is 9.84 Å². The van der Waals surface area contributed by atoms with Crippen molar-refractivity contribution in [3.63, 3.8) is 0 Å². The number of rotatable bonds is 24. The standard InChI is InChI=1S/C32H58O3S/c1-5-6-7-8-9-10-11-12-13-14-15-16-17-18-19-20-21-22-23-24-25-26-35-31-27-29(2)32(30(3)28-31)36(4,33)34/h27-28H,5-26H2,1-4H3. The van der Waals surface area contributed by atoms with Crippen LogP contribution in [0, 0.1) is 13.8 Å². The molecule has 0 saturated heterocycles. The van der Waals surface area contributed by atoms with Crippen molar-refractivity contribution >= 4 is 9.84 Å². The van der Waals surface area contributed by atoms with Crippen LogP contribution in [0.4, 0.5) is 0 Å². The first-order valence-electron chi connectivity index (χ1n) is 15.3. The molecule has 210 valence electrons. The minimum Gasteiger partial charge on any atom is -0.494 e. The molecule has 0 heterocycles. The van der Waals surface area contributed by atoms with Crippen LogP contribution in [-0.2, 0) is 9.84 Å². The SMILES string of the molecule is CCCCCCCCCCCCCCCCCCCCCCCOc1cc(C)c(S(C)(=O)=O)c(C)c1. The fourth-order valence-corrected chi connectivity index (χ4v) is 6.59. The van der Waals surface area contributed by atoms with Crippen molar-refractivity contribution < 1.29 is 13.2 Å². The third-order valence-electron chi connectivity index (χ3n) is 7.32. The lowest BCUT2D eigenvalue weighted by atomic mass is 10.0. The lowest BCUT2D eigenvalue weighted by Crippen LogP contribution is -2.05. The van der Waals surface area contributed by atoms with E-state index in [1.165, 1.54) is 135 Å². The van der Waals surface area contributed by atoms with Crippen LogP contribution in [0.1, 0.15) is 153 Å². The lowest BCUT2D eigenvalue weighted by Gasteiger charge is -2.12. The van der Waals surface area contributed by atoms with Crippen molar-refractivity contribution in [1.29, 1.82) is 0 Å². The third-order valence-corrected chi connectivity index (χ3v) is 8.71. The molecule has 1 rings (SSSR count). The molecule has 1 aromatic rings. The smallest absolute Gasteiger partial charge is 0.176 e. The summed E-state index contributed by atoms with van der Waals surface area (Å²) < 4.78 is 29.7. The first-order valence-corrected chi connectivity index (χ1v) is 17.2. The Bertz CT molecular complexity index is 747. The molecule has 0 aliphatic carbocycles. The van der Waals surface area contributed by atoms with Gasteiger partial charge in [-0.05, 0) is 43.5 Å². The second-order valence-corrected chi connectivity index (χ2v) is 13.0. The van der Waals surface area contributed by atoms with E-state index in [1.54, 1.807) is 0 Å². The van der Waals surface area contributed by atoms with Crippen LogP contribution in [-0.4, -0.2) is 21.3 Å². The molecule has 1 aromatic carbocycles. The summed E-state index contributed by atoms with van der Waals surface area (Å²) in [5.41, 5.74) is 1.54. The van der Waals surface area contributed by atoms with E-state index in [9.17, 15) is 8.42 Å². The molecule has 3 nitrogen and oxygen atoms in total. The summed E-state index contributed by atoms with van der Waals surface area (Å²) in [7, 11) is -3.19. The van der Waals surface area contributed by atoms with E-state index in [-0.39, 0.29) is 0 Å². The molecule has 0 atom stereocenters. The van der Waals surface area contributed by atoms with Gasteiger partial charge in [-0.1, -0.05) is 135 Å². The monoisotopic (exact) mass is 522 g/mol. The second kappa shape index (κ2) is 21.0. The predicted molar refractivity (Wildman–Crippen MR) is 157 cm³/mol. The Labute approximate surface area is 225 Å². The molecule has 4 heteroatoms. The van der Waals surface area contributed by atoms with Crippen LogP contribution in [0.25, 0.3) is 0 Å². The van der Waals surface area contributed by atoms with E-state index in [1.807, 2.05) is 26.0 Å². The highest BCUT2D eigenvalue weighted by atomic mass is 32.2. The zero-order valence-corrected chi connectivity index (χ0v) is 25.2. The molecule has 0 amide bonds. The largest absolute Gasteiger partial charge is 0.494 e. The van der Waals surface area contributed by atoms with Crippen LogP contribution >= 0.6 is 0 Å². The van der Waals surface area contributed by atoms with Gasteiger partial charge in [0, 0.05) is 6.26 Å². The van der Waals surface area contributed by atoms with E-state index in [2.05, 4.69) is 6.92 Å². The molecule has 0 saturated carbocycles. The number of hydrogen-bond acceptors (Lipinski definition) is 3. The summed E-state index contributed by atoms with van der Waals surface area (Å²) in [4.78, 5) is 0.434. The summed E-state index contributed by atoms with van der Waals surface area (Å²) in [6, 6.07) is 3.70. The van der Waals surface area contributed by atoms with Gasteiger partial charge in [0.2, 0.25) is 0 Å². The maximum Gasteiger partial charge on any atom is 0.176 e. The Hall–Kier alpha value is -1.03. The minimum atomic E-state index is -3.19. The Morgan fingerprint density at radius 3 is 1.17 bits per heavy atom. The number of unbranched alkanes of at least 4 members (excludes halogenated alkanes) is 20. The zero-order valence-electron chi connectivity index (χ0n) is 24.3. The first kappa shape index (κ1) is 33.0. The average molecular weight is 523 g/mol. The van der Waals surface area contributed by atoms with E-state index in [0.717, 1.165) is 23.3 Å². The van der Waals surface area contributed by atoms with Gasteiger partial charge in [-0.3, -0.25) is 0 Å². The minimum absolute atomic E-state index is 0.434. The molecule has 0 radical (unpaired) electrons. The number of hydrogen-bond donors (Lipinski definition) is 0. The van der Waals surface area contributed by atoms with Crippen molar-refractivity contribution in [2.75, 3.05) is 12.9 Å². The van der Waals surface area contributed by atoms with Crippen molar-refractivity contribution in [1.82, 2.24) is 0 Å². The predicted octanol–water partition coefficient (Wildman–Crippen LogP) is 10.3. The molecule has 0 spiro atoms. The van der Waals surface area contributed by atoms with Crippen molar-refractivity contribution in [2.45, 2.75) is 161 Å². The van der Waals surface area contributed by atoms with E-state index in [4.69, 9.17) is 4.74 Å². The summed E-state index contributed by atoms with van der Waals surface area (Å²) in [5, 5.41) is 0. The number of benzene rings is 1. The van der Waals surface area contributed by atoms with Crippen LogP contribution in [0.2, 0.25) is 0 Å². The van der Waals surface area contributed by atoms with Gasteiger partial charge in [0.05, 0.1) is 11.5 Å². The third kappa shape index (κ3) is 16.7. The molecular weight excluding hydrogens is 464 g/mol. The van der Waals surface area contributed by atoms with E-state index >= 15 is 0 Å². The zero-order chi connectivity index (χ0) is 26.5. The number of ether oxygens (including phenoxy) is 1.